The summed E-state index contributed by atoms with van der Waals surface area (Å²) in [6.07, 6.45) is 1.52. The van der Waals surface area contributed by atoms with Gasteiger partial charge in [-0.2, -0.15) is 0 Å². The maximum absolute atomic E-state index is 11.5. The van der Waals surface area contributed by atoms with Crippen molar-refractivity contribution in [3.05, 3.63) is 68.5 Å². The lowest BCUT2D eigenvalue weighted by atomic mass is 10.2. The number of carboxylic acid groups (broad SMARTS) is 1. The molecule has 6 heteroatoms. The van der Waals surface area contributed by atoms with Gasteiger partial charge < -0.3 is 14.6 Å². The molecule has 2 aromatic heterocycles. The van der Waals surface area contributed by atoms with Gasteiger partial charge in [-0.25, -0.2) is 4.79 Å². The minimum absolute atomic E-state index is 0.125. The molecule has 130 valence electrons. The summed E-state index contributed by atoms with van der Waals surface area (Å²) in [4.78, 5) is 13.9. The average Bonchev–Trinajstić information content (AvgIpc) is 3.29. The fraction of sp³-hybridized carbons (Fsp3) is 0.211. The van der Waals surface area contributed by atoms with Gasteiger partial charge in [0.2, 0.25) is 0 Å². The van der Waals surface area contributed by atoms with Crippen molar-refractivity contribution in [3.8, 4) is 11.5 Å². The zero-order valence-electron chi connectivity index (χ0n) is 13.5. The number of benzene rings is 1. The lowest BCUT2D eigenvalue weighted by Crippen LogP contribution is -2.09. The third kappa shape index (κ3) is 4.84. The summed E-state index contributed by atoms with van der Waals surface area (Å²) in [7, 11) is 0. The molecule has 0 fully saturated rings. The van der Waals surface area contributed by atoms with E-state index in [4.69, 9.17) is 9.47 Å². The molecule has 1 aromatic carbocycles. The molecule has 0 saturated carbocycles. The minimum Gasteiger partial charge on any atom is -0.489 e. The van der Waals surface area contributed by atoms with Crippen molar-refractivity contribution >= 4 is 28.6 Å². The number of thiophene rings is 2. The largest absolute Gasteiger partial charge is 0.489 e. The molecule has 3 aromatic rings. The fourth-order valence-electron chi connectivity index (χ4n) is 2.37. The van der Waals surface area contributed by atoms with Crippen LogP contribution in [-0.4, -0.2) is 24.3 Å². The third-order valence-electron chi connectivity index (χ3n) is 3.57. The summed E-state index contributed by atoms with van der Waals surface area (Å²) < 4.78 is 11.6. The zero-order chi connectivity index (χ0) is 17.5. The number of hydrogen-bond acceptors (Lipinski definition) is 5. The summed E-state index contributed by atoms with van der Waals surface area (Å²) >= 11 is 3.34. The highest BCUT2D eigenvalue weighted by molar-refractivity contribution is 7.10. The normalized spacial score (nSPS) is 10.6. The second-order valence-electron chi connectivity index (χ2n) is 5.29. The first-order valence-electron chi connectivity index (χ1n) is 7.90. The summed E-state index contributed by atoms with van der Waals surface area (Å²) in [5.74, 6) is -0.241. The van der Waals surface area contributed by atoms with E-state index in [1.807, 2.05) is 29.0 Å². The Morgan fingerprint density at radius 2 is 1.52 bits per heavy atom. The van der Waals surface area contributed by atoms with Gasteiger partial charge in [-0.3, -0.25) is 0 Å². The van der Waals surface area contributed by atoms with Crippen molar-refractivity contribution in [2.75, 3.05) is 13.2 Å². The highest BCUT2D eigenvalue weighted by atomic mass is 32.1. The first-order chi connectivity index (χ1) is 12.2. The second kappa shape index (κ2) is 8.69. The van der Waals surface area contributed by atoms with Gasteiger partial charge in [0.05, 0.1) is 13.2 Å². The van der Waals surface area contributed by atoms with Crippen LogP contribution in [0.25, 0.3) is 0 Å². The van der Waals surface area contributed by atoms with E-state index < -0.39 is 5.97 Å². The van der Waals surface area contributed by atoms with E-state index in [0.29, 0.717) is 24.7 Å². The smallest absolute Gasteiger partial charge is 0.339 e. The van der Waals surface area contributed by atoms with E-state index in [0.717, 1.165) is 12.8 Å². The monoisotopic (exact) mass is 374 g/mol. The fourth-order valence-corrected chi connectivity index (χ4v) is 3.75. The number of para-hydroxylation sites is 1. The van der Waals surface area contributed by atoms with Crippen LogP contribution in [-0.2, 0) is 12.8 Å². The Balaban J connectivity index is 1.67. The van der Waals surface area contributed by atoms with Gasteiger partial charge in [0.25, 0.3) is 0 Å². The molecule has 0 saturated heterocycles. The molecule has 2 heterocycles. The zero-order valence-corrected chi connectivity index (χ0v) is 15.1. The van der Waals surface area contributed by atoms with Crippen molar-refractivity contribution in [2.24, 2.45) is 0 Å². The van der Waals surface area contributed by atoms with E-state index in [1.165, 1.54) is 15.8 Å². The highest BCUT2D eigenvalue weighted by Gasteiger charge is 2.17. The van der Waals surface area contributed by atoms with Crippen molar-refractivity contribution < 1.29 is 19.4 Å². The van der Waals surface area contributed by atoms with Crippen LogP contribution in [0.3, 0.4) is 0 Å². The number of carboxylic acids is 1. The number of aromatic carboxylic acids is 1. The molecule has 0 radical (unpaired) electrons. The summed E-state index contributed by atoms with van der Waals surface area (Å²) in [6.45, 7) is 0.886. The molecular weight excluding hydrogens is 356 g/mol. The maximum Gasteiger partial charge on any atom is 0.339 e. The number of carbonyl (C=O) groups is 1. The molecule has 0 aliphatic heterocycles. The molecule has 0 unspecified atom stereocenters. The lowest BCUT2D eigenvalue weighted by molar-refractivity contribution is 0.0691. The average molecular weight is 374 g/mol. The molecule has 1 N–H and O–H groups in total. The SMILES string of the molecule is O=C(O)c1cccc(OCCc2cccs2)c1OCCc1cccs1. The van der Waals surface area contributed by atoms with Gasteiger partial charge in [0.1, 0.15) is 5.56 Å². The molecule has 0 aliphatic carbocycles. The van der Waals surface area contributed by atoms with Crippen LogP contribution in [0, 0.1) is 0 Å². The van der Waals surface area contributed by atoms with Crippen molar-refractivity contribution in [1.29, 1.82) is 0 Å². The van der Waals surface area contributed by atoms with E-state index in [9.17, 15) is 9.90 Å². The molecule has 4 nitrogen and oxygen atoms in total. The maximum atomic E-state index is 11.5. The Hall–Kier alpha value is -2.31. The van der Waals surface area contributed by atoms with Gasteiger partial charge in [-0.1, -0.05) is 18.2 Å². The number of hydrogen-bond donors (Lipinski definition) is 1. The molecule has 0 spiro atoms. The predicted octanol–water partition coefficient (Wildman–Crippen LogP) is 4.75. The van der Waals surface area contributed by atoms with Gasteiger partial charge in [-0.15, -0.1) is 22.7 Å². The Kier molecular flexibility index (Phi) is 6.09. The minimum atomic E-state index is -1.02. The van der Waals surface area contributed by atoms with E-state index in [2.05, 4.69) is 6.07 Å². The van der Waals surface area contributed by atoms with E-state index >= 15 is 0 Å². The quantitative estimate of drug-likeness (QED) is 0.587. The third-order valence-corrected chi connectivity index (χ3v) is 5.44. The Morgan fingerprint density at radius 3 is 2.08 bits per heavy atom. The van der Waals surface area contributed by atoms with Crippen molar-refractivity contribution in [3.63, 3.8) is 0 Å². The molecule has 0 amide bonds. The van der Waals surface area contributed by atoms with Gasteiger partial charge in [0, 0.05) is 22.6 Å². The van der Waals surface area contributed by atoms with Crippen molar-refractivity contribution in [2.45, 2.75) is 12.8 Å². The Morgan fingerprint density at radius 1 is 0.880 bits per heavy atom. The first-order valence-corrected chi connectivity index (χ1v) is 9.66. The molecule has 0 atom stereocenters. The lowest BCUT2D eigenvalue weighted by Gasteiger charge is -2.14. The predicted molar refractivity (Wildman–Crippen MR) is 100 cm³/mol. The number of rotatable bonds is 9. The summed E-state index contributed by atoms with van der Waals surface area (Å²) in [5.41, 5.74) is 0.125. The molecule has 0 bridgehead atoms. The topological polar surface area (TPSA) is 55.8 Å². The van der Waals surface area contributed by atoms with Crippen LogP contribution in [0.1, 0.15) is 20.1 Å². The molecule has 3 rings (SSSR count). The van der Waals surface area contributed by atoms with Gasteiger partial charge in [-0.05, 0) is 35.0 Å². The van der Waals surface area contributed by atoms with Crippen LogP contribution in [0.2, 0.25) is 0 Å². The van der Waals surface area contributed by atoms with Crippen LogP contribution in [0.5, 0.6) is 11.5 Å². The van der Waals surface area contributed by atoms with E-state index in [1.54, 1.807) is 34.8 Å². The van der Waals surface area contributed by atoms with Gasteiger partial charge in [0.15, 0.2) is 11.5 Å². The summed E-state index contributed by atoms with van der Waals surface area (Å²) in [6, 6.07) is 13.1. The van der Waals surface area contributed by atoms with Crippen LogP contribution in [0.15, 0.2) is 53.2 Å². The summed E-state index contributed by atoms with van der Waals surface area (Å²) in [5, 5.41) is 13.5. The Labute approximate surface area is 154 Å². The van der Waals surface area contributed by atoms with Gasteiger partial charge >= 0.3 is 5.97 Å². The molecular formula is C19H18O4S2. The molecule has 25 heavy (non-hydrogen) atoms. The van der Waals surface area contributed by atoms with Crippen LogP contribution < -0.4 is 9.47 Å². The van der Waals surface area contributed by atoms with Crippen LogP contribution >= 0.6 is 22.7 Å². The first kappa shape index (κ1) is 17.5. The van der Waals surface area contributed by atoms with Crippen LogP contribution in [0.4, 0.5) is 0 Å². The standard InChI is InChI=1S/C19H18O4S2/c20-19(21)16-6-1-7-17(22-10-8-14-4-2-12-24-14)18(16)23-11-9-15-5-3-13-25-15/h1-7,12-13H,8-11H2,(H,20,21). The number of ether oxygens (including phenoxy) is 2. The van der Waals surface area contributed by atoms with E-state index in [-0.39, 0.29) is 5.56 Å². The Bertz CT molecular complexity index is 795. The molecule has 0 aliphatic rings. The highest BCUT2D eigenvalue weighted by Crippen LogP contribution is 2.32. The van der Waals surface area contributed by atoms with Crippen molar-refractivity contribution in [1.82, 2.24) is 0 Å². The second-order valence-corrected chi connectivity index (χ2v) is 7.36.